The zero-order chi connectivity index (χ0) is 13.1. The van der Waals surface area contributed by atoms with Crippen LogP contribution in [0.4, 0.5) is 5.82 Å². The molecule has 0 atom stereocenters. The molecule has 0 fully saturated rings. The number of anilines is 1. The van der Waals surface area contributed by atoms with E-state index >= 15 is 0 Å². The van der Waals surface area contributed by atoms with Gasteiger partial charge >= 0.3 is 0 Å². The Hall–Kier alpha value is -1.20. The predicted octanol–water partition coefficient (Wildman–Crippen LogP) is 2.96. The first kappa shape index (κ1) is 13.2. The fraction of sp³-hybridized carbons (Fsp3) is 0.538. The van der Waals surface area contributed by atoms with Gasteiger partial charge in [-0.05, 0) is 31.8 Å². The molecule has 0 aromatic carbocycles. The molecule has 0 spiro atoms. The maximum absolute atomic E-state index is 4.64. The number of nitrogens with zero attached hydrogens (tertiary/aromatic N) is 3. The molecule has 0 aliphatic heterocycles. The standard InChI is InChI=1S/C13H20N4S/c1-5-17(9(2)3)8-11-15-12(14-4)10-6-7-18-13(10)16-11/h6-7,9H,5,8H2,1-4H3,(H,14,15,16). The molecule has 18 heavy (non-hydrogen) atoms. The molecule has 0 saturated heterocycles. The Bertz CT molecular complexity index is 521. The molecule has 98 valence electrons. The molecule has 2 heterocycles. The Balaban J connectivity index is 2.33. The first-order valence-electron chi connectivity index (χ1n) is 6.31. The molecule has 0 saturated carbocycles. The van der Waals surface area contributed by atoms with Crippen LogP contribution in [0, 0.1) is 0 Å². The molecule has 4 nitrogen and oxygen atoms in total. The Morgan fingerprint density at radius 2 is 2.17 bits per heavy atom. The van der Waals surface area contributed by atoms with Crippen LogP contribution < -0.4 is 5.32 Å². The lowest BCUT2D eigenvalue weighted by Crippen LogP contribution is -2.30. The number of rotatable bonds is 5. The summed E-state index contributed by atoms with van der Waals surface area (Å²) >= 11 is 1.66. The highest BCUT2D eigenvalue weighted by Crippen LogP contribution is 2.25. The van der Waals surface area contributed by atoms with E-state index in [9.17, 15) is 0 Å². The van der Waals surface area contributed by atoms with Gasteiger partial charge in [0.2, 0.25) is 0 Å². The lowest BCUT2D eigenvalue weighted by molar-refractivity contribution is 0.219. The van der Waals surface area contributed by atoms with E-state index in [0.29, 0.717) is 6.04 Å². The summed E-state index contributed by atoms with van der Waals surface area (Å²) in [5.41, 5.74) is 0. The topological polar surface area (TPSA) is 41.1 Å². The summed E-state index contributed by atoms with van der Waals surface area (Å²) in [7, 11) is 1.91. The highest BCUT2D eigenvalue weighted by Gasteiger charge is 2.12. The molecule has 5 heteroatoms. The van der Waals surface area contributed by atoms with Crippen LogP contribution in [0.5, 0.6) is 0 Å². The number of fused-ring (bicyclic) bond motifs is 1. The largest absolute Gasteiger partial charge is 0.372 e. The van der Waals surface area contributed by atoms with Crippen molar-refractivity contribution in [2.75, 3.05) is 18.9 Å². The van der Waals surface area contributed by atoms with Crippen molar-refractivity contribution < 1.29 is 0 Å². The molecule has 2 aromatic heterocycles. The summed E-state index contributed by atoms with van der Waals surface area (Å²) in [5.74, 6) is 1.82. The van der Waals surface area contributed by atoms with Gasteiger partial charge in [-0.15, -0.1) is 11.3 Å². The summed E-state index contributed by atoms with van der Waals surface area (Å²) in [5, 5.41) is 6.32. The molecule has 0 bridgehead atoms. The summed E-state index contributed by atoms with van der Waals surface area (Å²) in [6, 6.07) is 2.58. The quantitative estimate of drug-likeness (QED) is 0.901. The van der Waals surface area contributed by atoms with Gasteiger partial charge in [0, 0.05) is 13.1 Å². The normalized spacial score (nSPS) is 11.7. The molecular weight excluding hydrogens is 244 g/mol. The minimum absolute atomic E-state index is 0.510. The van der Waals surface area contributed by atoms with Crippen molar-refractivity contribution >= 4 is 27.4 Å². The first-order valence-corrected chi connectivity index (χ1v) is 7.19. The molecule has 0 aliphatic carbocycles. The van der Waals surface area contributed by atoms with Crippen LogP contribution in [0.2, 0.25) is 0 Å². The van der Waals surface area contributed by atoms with Crippen LogP contribution in [0.25, 0.3) is 10.2 Å². The van der Waals surface area contributed by atoms with Gasteiger partial charge in [-0.25, -0.2) is 9.97 Å². The fourth-order valence-corrected chi connectivity index (χ4v) is 2.78. The molecule has 0 aliphatic rings. The van der Waals surface area contributed by atoms with E-state index in [2.05, 4.69) is 52.4 Å². The molecule has 0 amide bonds. The van der Waals surface area contributed by atoms with Gasteiger partial charge < -0.3 is 5.32 Å². The van der Waals surface area contributed by atoms with E-state index in [1.165, 1.54) is 0 Å². The predicted molar refractivity (Wildman–Crippen MR) is 78.2 cm³/mol. The van der Waals surface area contributed by atoms with Gasteiger partial charge in [-0.2, -0.15) is 0 Å². The third-order valence-corrected chi connectivity index (χ3v) is 3.90. The highest BCUT2D eigenvalue weighted by atomic mass is 32.1. The minimum Gasteiger partial charge on any atom is -0.372 e. The molecule has 0 radical (unpaired) electrons. The molecule has 2 aromatic rings. The zero-order valence-electron chi connectivity index (χ0n) is 11.4. The Kier molecular flexibility index (Phi) is 4.14. The fourth-order valence-electron chi connectivity index (χ4n) is 2.00. The second-order valence-corrected chi connectivity index (χ2v) is 5.43. The van der Waals surface area contributed by atoms with Crippen LogP contribution in [0.3, 0.4) is 0 Å². The molecule has 0 unspecified atom stereocenters. The van der Waals surface area contributed by atoms with Gasteiger partial charge in [-0.3, -0.25) is 4.90 Å². The summed E-state index contributed by atoms with van der Waals surface area (Å²) in [6.07, 6.45) is 0. The van der Waals surface area contributed by atoms with E-state index in [4.69, 9.17) is 0 Å². The number of nitrogens with one attached hydrogen (secondary N) is 1. The van der Waals surface area contributed by atoms with Gasteiger partial charge in [0.15, 0.2) is 0 Å². The summed E-state index contributed by atoms with van der Waals surface area (Å²) < 4.78 is 0. The number of thiophene rings is 1. The van der Waals surface area contributed by atoms with Crippen LogP contribution in [-0.2, 0) is 6.54 Å². The summed E-state index contributed by atoms with van der Waals surface area (Å²) in [4.78, 5) is 12.7. The van der Waals surface area contributed by atoms with Crippen molar-refractivity contribution in [3.63, 3.8) is 0 Å². The lowest BCUT2D eigenvalue weighted by Gasteiger charge is -2.23. The maximum Gasteiger partial charge on any atom is 0.146 e. The van der Waals surface area contributed by atoms with E-state index in [1.54, 1.807) is 11.3 Å². The van der Waals surface area contributed by atoms with Gasteiger partial charge in [0.25, 0.3) is 0 Å². The molecule has 2 rings (SSSR count). The van der Waals surface area contributed by atoms with Crippen molar-refractivity contribution in [1.82, 2.24) is 14.9 Å². The third-order valence-electron chi connectivity index (χ3n) is 3.09. The molecule has 1 N–H and O–H groups in total. The Morgan fingerprint density at radius 3 is 2.78 bits per heavy atom. The van der Waals surface area contributed by atoms with Crippen molar-refractivity contribution in [3.8, 4) is 0 Å². The third kappa shape index (κ3) is 2.62. The Labute approximate surface area is 112 Å². The SMILES string of the molecule is CCN(Cc1nc(NC)c2ccsc2n1)C(C)C. The number of hydrogen-bond acceptors (Lipinski definition) is 5. The van der Waals surface area contributed by atoms with Crippen LogP contribution >= 0.6 is 11.3 Å². The second-order valence-electron chi connectivity index (χ2n) is 4.53. The molecular formula is C13H20N4S. The van der Waals surface area contributed by atoms with Crippen LogP contribution in [0.15, 0.2) is 11.4 Å². The van der Waals surface area contributed by atoms with Crippen LogP contribution in [0.1, 0.15) is 26.6 Å². The van der Waals surface area contributed by atoms with E-state index in [0.717, 1.165) is 34.9 Å². The van der Waals surface area contributed by atoms with Crippen molar-refractivity contribution in [3.05, 3.63) is 17.3 Å². The lowest BCUT2D eigenvalue weighted by atomic mass is 10.3. The minimum atomic E-state index is 0.510. The summed E-state index contributed by atoms with van der Waals surface area (Å²) in [6.45, 7) is 8.38. The monoisotopic (exact) mass is 264 g/mol. The van der Waals surface area contributed by atoms with E-state index in [1.807, 2.05) is 7.05 Å². The van der Waals surface area contributed by atoms with Crippen molar-refractivity contribution in [2.24, 2.45) is 0 Å². The smallest absolute Gasteiger partial charge is 0.146 e. The van der Waals surface area contributed by atoms with E-state index < -0.39 is 0 Å². The van der Waals surface area contributed by atoms with Gasteiger partial charge in [-0.1, -0.05) is 6.92 Å². The van der Waals surface area contributed by atoms with Crippen molar-refractivity contribution in [2.45, 2.75) is 33.4 Å². The van der Waals surface area contributed by atoms with Crippen LogP contribution in [-0.4, -0.2) is 34.5 Å². The zero-order valence-corrected chi connectivity index (χ0v) is 12.2. The Morgan fingerprint density at radius 1 is 1.39 bits per heavy atom. The van der Waals surface area contributed by atoms with E-state index in [-0.39, 0.29) is 0 Å². The maximum atomic E-state index is 4.64. The highest BCUT2D eigenvalue weighted by molar-refractivity contribution is 7.16. The average Bonchev–Trinajstić information content (AvgIpc) is 2.82. The van der Waals surface area contributed by atoms with Gasteiger partial charge in [0.1, 0.15) is 16.5 Å². The number of aromatic nitrogens is 2. The number of hydrogen-bond donors (Lipinski definition) is 1. The average molecular weight is 264 g/mol. The first-order chi connectivity index (χ1) is 8.65. The second kappa shape index (κ2) is 5.63. The van der Waals surface area contributed by atoms with Gasteiger partial charge in [0.05, 0.1) is 11.9 Å². The van der Waals surface area contributed by atoms with Crippen molar-refractivity contribution in [1.29, 1.82) is 0 Å².